The SMILES string of the molecule is Cc1c(C(=O)N2CCN(CCOc3ccccc3)CC2)oc2ccc(F)cc12. The van der Waals surface area contributed by atoms with Gasteiger partial charge in [-0.05, 0) is 37.3 Å². The highest BCUT2D eigenvalue weighted by Gasteiger charge is 2.26. The molecule has 6 heteroatoms. The number of hydrogen-bond donors (Lipinski definition) is 0. The number of halogens is 1. The first kappa shape index (κ1) is 18.5. The summed E-state index contributed by atoms with van der Waals surface area (Å²) in [7, 11) is 0. The lowest BCUT2D eigenvalue weighted by atomic mass is 10.1. The van der Waals surface area contributed by atoms with Gasteiger partial charge in [0.05, 0.1) is 0 Å². The van der Waals surface area contributed by atoms with Crippen LogP contribution in [0.15, 0.2) is 52.9 Å². The molecule has 0 spiro atoms. The molecule has 4 rings (SSSR count). The number of para-hydroxylation sites is 1. The van der Waals surface area contributed by atoms with E-state index in [1.807, 2.05) is 30.3 Å². The van der Waals surface area contributed by atoms with Gasteiger partial charge < -0.3 is 14.1 Å². The molecule has 0 radical (unpaired) electrons. The number of amides is 1. The highest BCUT2D eigenvalue weighted by Crippen LogP contribution is 2.27. The quantitative estimate of drug-likeness (QED) is 0.675. The number of aryl methyl sites for hydroxylation is 1. The molecule has 1 fully saturated rings. The fourth-order valence-corrected chi connectivity index (χ4v) is 3.52. The highest BCUT2D eigenvalue weighted by molar-refractivity contribution is 5.99. The second-order valence-corrected chi connectivity index (χ2v) is 6.99. The molecule has 1 aromatic heterocycles. The Morgan fingerprint density at radius 2 is 1.86 bits per heavy atom. The zero-order valence-electron chi connectivity index (χ0n) is 15.9. The number of furan rings is 1. The van der Waals surface area contributed by atoms with Crippen molar-refractivity contribution in [2.24, 2.45) is 0 Å². The van der Waals surface area contributed by atoms with E-state index < -0.39 is 0 Å². The minimum Gasteiger partial charge on any atom is -0.492 e. The topological polar surface area (TPSA) is 45.9 Å². The maximum Gasteiger partial charge on any atom is 0.289 e. The number of benzene rings is 2. The van der Waals surface area contributed by atoms with Crippen molar-refractivity contribution in [3.63, 3.8) is 0 Å². The minimum atomic E-state index is -0.332. The number of nitrogens with zero attached hydrogens (tertiary/aromatic N) is 2. The average Bonchev–Trinajstić information content (AvgIpc) is 3.05. The van der Waals surface area contributed by atoms with Crippen LogP contribution in [-0.4, -0.2) is 55.0 Å². The largest absolute Gasteiger partial charge is 0.492 e. The van der Waals surface area contributed by atoms with E-state index in [0.29, 0.717) is 42.0 Å². The lowest BCUT2D eigenvalue weighted by Gasteiger charge is -2.34. The van der Waals surface area contributed by atoms with Crippen molar-refractivity contribution in [1.29, 1.82) is 0 Å². The van der Waals surface area contributed by atoms with Crippen LogP contribution in [0.4, 0.5) is 4.39 Å². The molecule has 1 amide bonds. The van der Waals surface area contributed by atoms with Crippen molar-refractivity contribution in [2.45, 2.75) is 6.92 Å². The summed E-state index contributed by atoms with van der Waals surface area (Å²) in [5.74, 6) is 0.714. The Morgan fingerprint density at radius 3 is 2.61 bits per heavy atom. The van der Waals surface area contributed by atoms with E-state index >= 15 is 0 Å². The molecular formula is C22H23FN2O3. The Balaban J connectivity index is 1.32. The van der Waals surface area contributed by atoms with Gasteiger partial charge in [0.25, 0.3) is 5.91 Å². The molecule has 2 aromatic carbocycles. The number of carbonyl (C=O) groups excluding carboxylic acids is 1. The normalized spacial score (nSPS) is 15.1. The molecule has 0 bridgehead atoms. The number of fused-ring (bicyclic) bond motifs is 1. The van der Waals surface area contributed by atoms with Crippen molar-refractivity contribution < 1.29 is 18.3 Å². The van der Waals surface area contributed by atoms with Gasteiger partial charge in [0.1, 0.15) is 23.8 Å². The van der Waals surface area contributed by atoms with Crippen LogP contribution in [0.5, 0.6) is 5.75 Å². The Kier molecular flexibility index (Phi) is 5.30. The molecule has 2 heterocycles. The zero-order chi connectivity index (χ0) is 19.5. The van der Waals surface area contributed by atoms with Crippen LogP contribution < -0.4 is 4.74 Å². The van der Waals surface area contributed by atoms with Gasteiger partial charge in [-0.3, -0.25) is 9.69 Å². The molecule has 0 N–H and O–H groups in total. The molecule has 0 saturated carbocycles. The summed E-state index contributed by atoms with van der Waals surface area (Å²) < 4.78 is 24.9. The van der Waals surface area contributed by atoms with Crippen molar-refractivity contribution >= 4 is 16.9 Å². The summed E-state index contributed by atoms with van der Waals surface area (Å²) in [6, 6.07) is 14.1. The summed E-state index contributed by atoms with van der Waals surface area (Å²) in [4.78, 5) is 17.0. The predicted octanol–water partition coefficient (Wildman–Crippen LogP) is 3.72. The number of carbonyl (C=O) groups is 1. The van der Waals surface area contributed by atoms with Crippen LogP contribution >= 0.6 is 0 Å². The number of piperazine rings is 1. The first-order valence-electron chi connectivity index (χ1n) is 9.50. The number of ether oxygens (including phenoxy) is 1. The van der Waals surface area contributed by atoms with Crippen LogP contribution in [-0.2, 0) is 0 Å². The fourth-order valence-electron chi connectivity index (χ4n) is 3.52. The molecule has 0 atom stereocenters. The highest BCUT2D eigenvalue weighted by atomic mass is 19.1. The fraction of sp³-hybridized carbons (Fsp3) is 0.318. The van der Waals surface area contributed by atoms with Gasteiger partial charge >= 0.3 is 0 Å². The summed E-state index contributed by atoms with van der Waals surface area (Å²) >= 11 is 0. The Hall–Kier alpha value is -2.86. The molecule has 28 heavy (non-hydrogen) atoms. The maximum atomic E-state index is 13.5. The summed E-state index contributed by atoms with van der Waals surface area (Å²) in [5, 5.41) is 0.653. The second kappa shape index (κ2) is 8.02. The standard InChI is InChI=1S/C22H23FN2O3/c1-16-19-15-17(23)7-8-20(19)28-21(16)22(26)25-11-9-24(10-12-25)13-14-27-18-5-3-2-4-6-18/h2-8,15H,9-14H2,1H3. The molecular weight excluding hydrogens is 359 g/mol. The number of hydrogen-bond acceptors (Lipinski definition) is 4. The molecule has 1 aliphatic rings. The smallest absolute Gasteiger partial charge is 0.289 e. The van der Waals surface area contributed by atoms with Crippen molar-refractivity contribution in [3.05, 3.63) is 65.7 Å². The lowest BCUT2D eigenvalue weighted by Crippen LogP contribution is -2.49. The third-order valence-corrected chi connectivity index (χ3v) is 5.17. The van der Waals surface area contributed by atoms with E-state index in [4.69, 9.17) is 9.15 Å². The van der Waals surface area contributed by atoms with Gasteiger partial charge in [-0.15, -0.1) is 0 Å². The van der Waals surface area contributed by atoms with Crippen LogP contribution in [0.3, 0.4) is 0 Å². The van der Waals surface area contributed by atoms with E-state index in [9.17, 15) is 9.18 Å². The van der Waals surface area contributed by atoms with Crippen LogP contribution in [0.25, 0.3) is 11.0 Å². The third-order valence-electron chi connectivity index (χ3n) is 5.17. The van der Waals surface area contributed by atoms with Gasteiger partial charge in [0.2, 0.25) is 0 Å². The number of rotatable bonds is 5. The van der Waals surface area contributed by atoms with Crippen molar-refractivity contribution in [1.82, 2.24) is 9.80 Å². The molecule has 3 aromatic rings. The lowest BCUT2D eigenvalue weighted by molar-refractivity contribution is 0.0591. The second-order valence-electron chi connectivity index (χ2n) is 6.99. The molecule has 1 saturated heterocycles. The molecule has 0 aliphatic carbocycles. The van der Waals surface area contributed by atoms with Crippen LogP contribution in [0.1, 0.15) is 16.1 Å². The van der Waals surface area contributed by atoms with Crippen LogP contribution in [0, 0.1) is 12.7 Å². The van der Waals surface area contributed by atoms with Crippen molar-refractivity contribution in [2.75, 3.05) is 39.3 Å². The van der Waals surface area contributed by atoms with E-state index in [1.54, 1.807) is 17.9 Å². The van der Waals surface area contributed by atoms with Gasteiger partial charge in [-0.2, -0.15) is 0 Å². The van der Waals surface area contributed by atoms with Gasteiger partial charge in [-0.1, -0.05) is 18.2 Å². The molecule has 5 nitrogen and oxygen atoms in total. The molecule has 1 aliphatic heterocycles. The first-order valence-corrected chi connectivity index (χ1v) is 9.50. The Labute approximate surface area is 163 Å². The van der Waals surface area contributed by atoms with E-state index in [0.717, 1.165) is 25.4 Å². The van der Waals surface area contributed by atoms with Gasteiger partial charge in [0, 0.05) is 43.7 Å². The van der Waals surface area contributed by atoms with Crippen LogP contribution in [0.2, 0.25) is 0 Å². The summed E-state index contributed by atoms with van der Waals surface area (Å²) in [6.07, 6.45) is 0. The predicted molar refractivity (Wildman–Crippen MR) is 105 cm³/mol. The first-order chi connectivity index (χ1) is 13.6. The van der Waals surface area contributed by atoms with Gasteiger partial charge in [-0.25, -0.2) is 4.39 Å². The van der Waals surface area contributed by atoms with E-state index in [-0.39, 0.29) is 11.7 Å². The Morgan fingerprint density at radius 1 is 1.11 bits per heavy atom. The summed E-state index contributed by atoms with van der Waals surface area (Å²) in [5.41, 5.74) is 1.23. The minimum absolute atomic E-state index is 0.130. The third kappa shape index (κ3) is 3.87. The monoisotopic (exact) mass is 382 g/mol. The van der Waals surface area contributed by atoms with E-state index in [2.05, 4.69) is 4.90 Å². The molecule has 146 valence electrons. The molecule has 0 unspecified atom stereocenters. The Bertz CT molecular complexity index is 963. The van der Waals surface area contributed by atoms with Gasteiger partial charge in [0.15, 0.2) is 5.76 Å². The maximum absolute atomic E-state index is 13.5. The summed E-state index contributed by atoms with van der Waals surface area (Å²) in [6.45, 7) is 6.08. The zero-order valence-corrected chi connectivity index (χ0v) is 15.9. The van der Waals surface area contributed by atoms with Crippen molar-refractivity contribution in [3.8, 4) is 5.75 Å². The average molecular weight is 382 g/mol. The van der Waals surface area contributed by atoms with E-state index in [1.165, 1.54) is 12.1 Å².